The normalized spacial score (nSPS) is 10.7. The molecule has 100 valence electrons. The van der Waals surface area contributed by atoms with Gasteiger partial charge in [0.2, 0.25) is 0 Å². The minimum atomic E-state index is -1.03. The van der Waals surface area contributed by atoms with E-state index in [2.05, 4.69) is 4.98 Å². The van der Waals surface area contributed by atoms with Crippen LogP contribution >= 0.6 is 22.9 Å². The number of carbonyl (C=O) groups is 1. The number of nitrogens with zero attached hydrogens (tertiary/aromatic N) is 1. The van der Waals surface area contributed by atoms with Crippen LogP contribution in [0, 0.1) is 5.82 Å². The molecule has 19 heavy (non-hydrogen) atoms. The Balaban J connectivity index is 2.50. The first-order chi connectivity index (χ1) is 9.02. The molecule has 0 aliphatic heterocycles. The van der Waals surface area contributed by atoms with Crippen molar-refractivity contribution >= 4 is 28.9 Å². The summed E-state index contributed by atoms with van der Waals surface area (Å²) in [6, 6.07) is 4.26. The molecule has 0 radical (unpaired) electrons. The second-order valence-corrected chi connectivity index (χ2v) is 5.41. The molecule has 3 nitrogen and oxygen atoms in total. The summed E-state index contributed by atoms with van der Waals surface area (Å²) in [5, 5.41) is 9.79. The lowest BCUT2D eigenvalue weighted by molar-refractivity contribution is 0.0700. The molecule has 1 aromatic carbocycles. The van der Waals surface area contributed by atoms with Crippen LogP contribution < -0.4 is 0 Å². The predicted octanol–water partition coefficient (Wildman–Crippen LogP) is 4.25. The molecule has 0 amide bonds. The molecule has 0 atom stereocenters. The third-order valence-electron chi connectivity index (χ3n) is 2.54. The number of hydrogen-bond acceptors (Lipinski definition) is 3. The molecule has 0 aliphatic rings. The predicted molar refractivity (Wildman–Crippen MR) is 73.5 cm³/mol. The van der Waals surface area contributed by atoms with Gasteiger partial charge in [0, 0.05) is 10.6 Å². The van der Waals surface area contributed by atoms with Crippen molar-refractivity contribution < 1.29 is 14.3 Å². The van der Waals surface area contributed by atoms with Gasteiger partial charge in [-0.05, 0) is 24.6 Å². The van der Waals surface area contributed by atoms with E-state index < -0.39 is 11.8 Å². The monoisotopic (exact) mass is 299 g/mol. The van der Waals surface area contributed by atoms with Gasteiger partial charge in [0.15, 0.2) is 0 Å². The Labute approximate surface area is 118 Å². The van der Waals surface area contributed by atoms with E-state index in [0.29, 0.717) is 22.1 Å². The Bertz CT molecular complexity index is 627. The summed E-state index contributed by atoms with van der Waals surface area (Å²) in [7, 11) is 0. The summed E-state index contributed by atoms with van der Waals surface area (Å²) in [4.78, 5) is 15.5. The second-order valence-electron chi connectivity index (χ2n) is 3.97. The molecule has 1 heterocycles. The molecule has 2 rings (SSSR count). The van der Waals surface area contributed by atoms with E-state index in [-0.39, 0.29) is 10.4 Å². The Kier molecular flexibility index (Phi) is 4.17. The maximum Gasteiger partial charge on any atom is 0.347 e. The van der Waals surface area contributed by atoms with Gasteiger partial charge in [-0.25, -0.2) is 14.2 Å². The maximum absolute atomic E-state index is 13.8. The van der Waals surface area contributed by atoms with E-state index in [4.69, 9.17) is 16.7 Å². The number of halogens is 2. The molecule has 0 fully saturated rings. The van der Waals surface area contributed by atoms with Crippen molar-refractivity contribution in [1.82, 2.24) is 4.98 Å². The van der Waals surface area contributed by atoms with Gasteiger partial charge in [-0.3, -0.25) is 0 Å². The van der Waals surface area contributed by atoms with Gasteiger partial charge < -0.3 is 5.11 Å². The van der Waals surface area contributed by atoms with Gasteiger partial charge in [0.25, 0.3) is 0 Å². The summed E-state index contributed by atoms with van der Waals surface area (Å²) in [5.41, 5.74) is 0.781. The van der Waals surface area contributed by atoms with Gasteiger partial charge in [0.05, 0.1) is 5.69 Å². The number of hydrogen-bond donors (Lipinski definition) is 1. The van der Waals surface area contributed by atoms with E-state index in [1.165, 1.54) is 12.1 Å². The smallest absolute Gasteiger partial charge is 0.347 e. The van der Waals surface area contributed by atoms with E-state index >= 15 is 0 Å². The van der Waals surface area contributed by atoms with Crippen LogP contribution in [0.3, 0.4) is 0 Å². The van der Waals surface area contributed by atoms with Crippen LogP contribution in [-0.2, 0) is 6.42 Å². The fraction of sp³-hybridized carbons (Fsp3) is 0.231. The van der Waals surface area contributed by atoms with Crippen molar-refractivity contribution in [2.24, 2.45) is 0 Å². The highest BCUT2D eigenvalue weighted by Crippen LogP contribution is 2.31. The number of benzene rings is 1. The fourth-order valence-corrected chi connectivity index (χ4v) is 2.84. The van der Waals surface area contributed by atoms with E-state index in [1.54, 1.807) is 6.07 Å². The lowest BCUT2D eigenvalue weighted by Crippen LogP contribution is -1.98. The van der Waals surface area contributed by atoms with Crippen LogP contribution in [0.1, 0.15) is 28.7 Å². The van der Waals surface area contributed by atoms with Crippen molar-refractivity contribution in [2.45, 2.75) is 19.8 Å². The first-order valence-corrected chi connectivity index (χ1v) is 6.90. The molecule has 1 aromatic heterocycles. The average Bonchev–Trinajstić information content (AvgIpc) is 2.73. The lowest BCUT2D eigenvalue weighted by Gasteiger charge is -1.98. The molecular weight excluding hydrogens is 289 g/mol. The van der Waals surface area contributed by atoms with Crippen molar-refractivity contribution in [2.75, 3.05) is 0 Å². The van der Waals surface area contributed by atoms with Crippen LogP contribution in [-0.4, -0.2) is 16.1 Å². The number of aryl methyl sites for hydroxylation is 1. The van der Waals surface area contributed by atoms with Crippen molar-refractivity contribution in [3.63, 3.8) is 0 Å². The number of thiazole rings is 1. The topological polar surface area (TPSA) is 50.2 Å². The second kappa shape index (κ2) is 5.67. The molecule has 0 spiro atoms. The molecule has 2 aromatic rings. The Hall–Kier alpha value is -1.46. The Morgan fingerprint density at radius 2 is 2.26 bits per heavy atom. The van der Waals surface area contributed by atoms with E-state index in [0.717, 1.165) is 17.8 Å². The minimum Gasteiger partial charge on any atom is -0.477 e. The van der Waals surface area contributed by atoms with Crippen LogP contribution in [0.4, 0.5) is 4.39 Å². The summed E-state index contributed by atoms with van der Waals surface area (Å²) in [5.74, 6) is -1.53. The van der Waals surface area contributed by atoms with Crippen LogP contribution in [0.25, 0.3) is 10.6 Å². The minimum absolute atomic E-state index is 0.172. The molecule has 0 unspecified atom stereocenters. The SMILES string of the molecule is CCCc1nc(-c2ccc(Cl)cc2F)sc1C(=O)O. The standard InChI is InChI=1S/C13H11ClFNO2S/c1-2-3-10-11(13(17)18)19-12(16-10)8-5-4-7(14)6-9(8)15/h4-6H,2-3H2,1H3,(H,17,18). The van der Waals surface area contributed by atoms with Crippen LogP contribution in [0.15, 0.2) is 18.2 Å². The summed E-state index contributed by atoms with van der Waals surface area (Å²) in [6.45, 7) is 1.94. The van der Waals surface area contributed by atoms with Crippen molar-refractivity contribution in [3.05, 3.63) is 39.6 Å². The van der Waals surface area contributed by atoms with Gasteiger partial charge in [0.1, 0.15) is 15.7 Å². The zero-order valence-electron chi connectivity index (χ0n) is 10.1. The number of aromatic carboxylic acids is 1. The average molecular weight is 300 g/mol. The first-order valence-electron chi connectivity index (χ1n) is 5.71. The molecule has 0 bridgehead atoms. The van der Waals surface area contributed by atoms with Gasteiger partial charge in [-0.1, -0.05) is 24.9 Å². The summed E-state index contributed by atoms with van der Waals surface area (Å²) < 4.78 is 13.8. The number of carboxylic acid groups (broad SMARTS) is 1. The molecule has 6 heteroatoms. The van der Waals surface area contributed by atoms with Crippen molar-refractivity contribution in [1.29, 1.82) is 0 Å². The van der Waals surface area contributed by atoms with Gasteiger partial charge in [-0.2, -0.15) is 0 Å². The molecule has 0 aliphatic carbocycles. The fourth-order valence-electron chi connectivity index (χ4n) is 1.70. The van der Waals surface area contributed by atoms with Crippen LogP contribution in [0.5, 0.6) is 0 Å². The zero-order valence-corrected chi connectivity index (χ0v) is 11.7. The number of aromatic nitrogens is 1. The van der Waals surface area contributed by atoms with Crippen LogP contribution in [0.2, 0.25) is 5.02 Å². The van der Waals surface area contributed by atoms with E-state index in [1.807, 2.05) is 6.92 Å². The summed E-state index contributed by atoms with van der Waals surface area (Å²) >= 11 is 6.68. The quantitative estimate of drug-likeness (QED) is 0.918. The van der Waals surface area contributed by atoms with Crippen molar-refractivity contribution in [3.8, 4) is 10.6 Å². The molecule has 0 saturated heterocycles. The largest absolute Gasteiger partial charge is 0.477 e. The highest BCUT2D eigenvalue weighted by atomic mass is 35.5. The van der Waals surface area contributed by atoms with Gasteiger partial charge in [-0.15, -0.1) is 11.3 Å². The lowest BCUT2D eigenvalue weighted by atomic mass is 10.2. The van der Waals surface area contributed by atoms with Gasteiger partial charge >= 0.3 is 5.97 Å². The number of carboxylic acids is 1. The highest BCUT2D eigenvalue weighted by molar-refractivity contribution is 7.17. The third kappa shape index (κ3) is 2.93. The first kappa shape index (κ1) is 14.0. The number of rotatable bonds is 4. The zero-order chi connectivity index (χ0) is 14.0. The third-order valence-corrected chi connectivity index (χ3v) is 3.89. The molecule has 0 saturated carbocycles. The molecule has 1 N–H and O–H groups in total. The maximum atomic E-state index is 13.8. The Morgan fingerprint density at radius 1 is 1.53 bits per heavy atom. The molecular formula is C13H11ClFNO2S. The highest BCUT2D eigenvalue weighted by Gasteiger charge is 2.19. The van der Waals surface area contributed by atoms with E-state index in [9.17, 15) is 9.18 Å². The Morgan fingerprint density at radius 3 is 2.84 bits per heavy atom. The summed E-state index contributed by atoms with van der Waals surface area (Å²) in [6.07, 6.45) is 1.35.